The van der Waals surface area contributed by atoms with Crippen molar-refractivity contribution in [2.45, 2.75) is 32.2 Å². The minimum absolute atomic E-state index is 0.257. The maximum absolute atomic E-state index is 10.6. The minimum Gasteiger partial charge on any atom is -0.481 e. The van der Waals surface area contributed by atoms with E-state index in [2.05, 4.69) is 11.0 Å². The molecule has 0 spiro atoms. The highest BCUT2D eigenvalue weighted by molar-refractivity contribution is 5.66. The third kappa shape index (κ3) is 4.07. The molecule has 1 aliphatic rings. The lowest BCUT2D eigenvalue weighted by Crippen LogP contribution is -2.35. The molecule has 4 nitrogen and oxygen atoms in total. The van der Waals surface area contributed by atoms with E-state index in [1.807, 2.05) is 24.3 Å². The van der Waals surface area contributed by atoms with Gasteiger partial charge in [0.05, 0.1) is 11.6 Å². The fourth-order valence-electron chi connectivity index (χ4n) is 2.87. The van der Waals surface area contributed by atoms with Gasteiger partial charge in [0.1, 0.15) is 0 Å². The summed E-state index contributed by atoms with van der Waals surface area (Å²) in [5.74, 6) is -0.244. The van der Waals surface area contributed by atoms with E-state index in [0.717, 1.165) is 50.0 Å². The monoisotopic (exact) mass is 272 g/mol. The van der Waals surface area contributed by atoms with Gasteiger partial charge in [-0.25, -0.2) is 0 Å². The Bertz CT molecular complexity index is 507. The first-order chi connectivity index (χ1) is 9.69. The van der Waals surface area contributed by atoms with Crippen molar-refractivity contribution in [1.82, 2.24) is 4.90 Å². The molecule has 106 valence electrons. The Labute approximate surface area is 119 Å². The van der Waals surface area contributed by atoms with Crippen molar-refractivity contribution >= 4 is 5.97 Å². The number of aliphatic carboxylic acids is 1. The van der Waals surface area contributed by atoms with Gasteiger partial charge in [-0.1, -0.05) is 18.2 Å². The number of benzene rings is 1. The second kappa shape index (κ2) is 7.06. The van der Waals surface area contributed by atoms with Crippen LogP contribution in [0.4, 0.5) is 0 Å². The predicted octanol–water partition coefficient (Wildman–Crippen LogP) is 2.64. The maximum atomic E-state index is 10.6. The van der Waals surface area contributed by atoms with Crippen LogP contribution in [-0.2, 0) is 11.3 Å². The normalized spacial score (nSPS) is 19.4. The molecule has 1 aromatic carbocycles. The van der Waals surface area contributed by atoms with Crippen molar-refractivity contribution < 1.29 is 9.90 Å². The summed E-state index contributed by atoms with van der Waals surface area (Å²) in [6.07, 6.45) is 3.24. The quantitative estimate of drug-likeness (QED) is 0.895. The van der Waals surface area contributed by atoms with Crippen molar-refractivity contribution in [3.05, 3.63) is 35.4 Å². The molecule has 0 bridgehead atoms. The van der Waals surface area contributed by atoms with E-state index in [1.165, 1.54) is 0 Å². The van der Waals surface area contributed by atoms with Crippen LogP contribution in [0.1, 0.15) is 36.8 Å². The summed E-state index contributed by atoms with van der Waals surface area (Å²) in [7, 11) is 0. The standard InChI is InChI=1S/C16H20N2O2/c17-10-14-5-1-2-6-15(14)12-18-9-3-4-13(11-18)7-8-16(19)20/h1-2,5-6,13H,3-4,7-9,11-12H2,(H,19,20). The molecule has 20 heavy (non-hydrogen) atoms. The maximum Gasteiger partial charge on any atom is 0.303 e. The first-order valence-corrected chi connectivity index (χ1v) is 7.11. The number of nitriles is 1. The third-order valence-electron chi connectivity index (χ3n) is 3.90. The molecular formula is C16H20N2O2. The summed E-state index contributed by atoms with van der Waals surface area (Å²) in [4.78, 5) is 13.0. The van der Waals surface area contributed by atoms with Crippen LogP contribution in [0, 0.1) is 17.2 Å². The van der Waals surface area contributed by atoms with E-state index in [-0.39, 0.29) is 6.42 Å². The van der Waals surface area contributed by atoms with Crippen molar-refractivity contribution in [3.8, 4) is 6.07 Å². The van der Waals surface area contributed by atoms with Crippen LogP contribution in [0.5, 0.6) is 0 Å². The fraction of sp³-hybridized carbons (Fsp3) is 0.500. The van der Waals surface area contributed by atoms with E-state index in [0.29, 0.717) is 5.92 Å². The Morgan fingerprint density at radius 2 is 2.25 bits per heavy atom. The van der Waals surface area contributed by atoms with Crippen molar-refractivity contribution in [3.63, 3.8) is 0 Å². The zero-order chi connectivity index (χ0) is 14.4. The number of hydrogen-bond donors (Lipinski definition) is 1. The number of carboxylic acid groups (broad SMARTS) is 1. The number of hydrogen-bond acceptors (Lipinski definition) is 3. The summed E-state index contributed by atoms with van der Waals surface area (Å²) in [6, 6.07) is 9.92. The van der Waals surface area contributed by atoms with Crippen LogP contribution in [0.3, 0.4) is 0 Å². The number of likely N-dealkylation sites (tertiary alicyclic amines) is 1. The molecule has 1 N–H and O–H groups in total. The molecule has 1 atom stereocenters. The predicted molar refractivity (Wildman–Crippen MR) is 76.0 cm³/mol. The van der Waals surface area contributed by atoms with Crippen molar-refractivity contribution in [1.29, 1.82) is 5.26 Å². The largest absolute Gasteiger partial charge is 0.481 e. The Hall–Kier alpha value is -1.86. The lowest BCUT2D eigenvalue weighted by atomic mass is 9.93. The second-order valence-corrected chi connectivity index (χ2v) is 5.44. The third-order valence-corrected chi connectivity index (χ3v) is 3.90. The highest BCUT2D eigenvalue weighted by atomic mass is 16.4. The van der Waals surface area contributed by atoms with Gasteiger partial charge in [0.15, 0.2) is 0 Å². The van der Waals surface area contributed by atoms with Crippen LogP contribution in [0.25, 0.3) is 0 Å². The summed E-state index contributed by atoms with van der Waals surface area (Å²) in [5, 5.41) is 17.9. The van der Waals surface area contributed by atoms with Gasteiger partial charge in [0.2, 0.25) is 0 Å². The van der Waals surface area contributed by atoms with Gasteiger partial charge in [-0.3, -0.25) is 9.69 Å². The van der Waals surface area contributed by atoms with Gasteiger partial charge in [0.25, 0.3) is 0 Å². The van der Waals surface area contributed by atoms with Gasteiger partial charge in [-0.15, -0.1) is 0 Å². The molecule has 1 fully saturated rings. The van der Waals surface area contributed by atoms with Crippen LogP contribution < -0.4 is 0 Å². The molecule has 0 aliphatic carbocycles. The Morgan fingerprint density at radius 1 is 1.45 bits per heavy atom. The zero-order valence-electron chi connectivity index (χ0n) is 11.6. The van der Waals surface area contributed by atoms with Crippen LogP contribution in [0.15, 0.2) is 24.3 Å². The molecule has 2 rings (SSSR count). The van der Waals surface area contributed by atoms with E-state index in [1.54, 1.807) is 0 Å². The second-order valence-electron chi connectivity index (χ2n) is 5.44. The Balaban J connectivity index is 1.92. The number of piperidine rings is 1. The lowest BCUT2D eigenvalue weighted by Gasteiger charge is -2.32. The van der Waals surface area contributed by atoms with Crippen LogP contribution in [0.2, 0.25) is 0 Å². The smallest absolute Gasteiger partial charge is 0.303 e. The van der Waals surface area contributed by atoms with Gasteiger partial charge >= 0.3 is 5.97 Å². The molecular weight excluding hydrogens is 252 g/mol. The number of rotatable bonds is 5. The minimum atomic E-state index is -0.711. The highest BCUT2D eigenvalue weighted by Gasteiger charge is 2.21. The molecule has 1 aromatic rings. The van der Waals surface area contributed by atoms with Crippen molar-refractivity contribution in [2.75, 3.05) is 13.1 Å². The molecule has 1 unspecified atom stereocenters. The summed E-state index contributed by atoms with van der Waals surface area (Å²) >= 11 is 0. The highest BCUT2D eigenvalue weighted by Crippen LogP contribution is 2.23. The van der Waals surface area contributed by atoms with Gasteiger partial charge < -0.3 is 5.11 Å². The average molecular weight is 272 g/mol. The Kier molecular flexibility index (Phi) is 5.14. The summed E-state index contributed by atoms with van der Waals surface area (Å²) < 4.78 is 0. The molecule has 0 amide bonds. The van der Waals surface area contributed by atoms with Crippen LogP contribution in [-0.4, -0.2) is 29.1 Å². The van der Waals surface area contributed by atoms with Gasteiger partial charge in [-0.2, -0.15) is 5.26 Å². The number of nitrogens with zero attached hydrogens (tertiary/aromatic N) is 2. The SMILES string of the molecule is N#Cc1ccccc1CN1CCCC(CCC(=O)O)C1. The summed E-state index contributed by atoms with van der Waals surface area (Å²) in [5.41, 5.74) is 1.80. The molecule has 1 saturated heterocycles. The summed E-state index contributed by atoms with van der Waals surface area (Å²) in [6.45, 7) is 2.75. The number of carbonyl (C=O) groups is 1. The van der Waals surface area contributed by atoms with E-state index in [9.17, 15) is 4.79 Å². The number of carboxylic acids is 1. The molecule has 1 heterocycles. The molecule has 4 heteroatoms. The molecule has 1 aliphatic heterocycles. The van der Waals surface area contributed by atoms with Gasteiger partial charge in [0, 0.05) is 19.5 Å². The van der Waals surface area contributed by atoms with Crippen molar-refractivity contribution in [2.24, 2.45) is 5.92 Å². The molecule has 0 saturated carbocycles. The van der Waals surface area contributed by atoms with E-state index >= 15 is 0 Å². The first kappa shape index (κ1) is 14.5. The average Bonchev–Trinajstić information content (AvgIpc) is 2.46. The first-order valence-electron chi connectivity index (χ1n) is 7.11. The van der Waals surface area contributed by atoms with E-state index in [4.69, 9.17) is 10.4 Å². The topological polar surface area (TPSA) is 64.3 Å². The zero-order valence-corrected chi connectivity index (χ0v) is 11.6. The lowest BCUT2D eigenvalue weighted by molar-refractivity contribution is -0.137. The fourth-order valence-corrected chi connectivity index (χ4v) is 2.87. The molecule has 0 radical (unpaired) electrons. The van der Waals surface area contributed by atoms with Gasteiger partial charge in [-0.05, 0) is 43.4 Å². The van der Waals surface area contributed by atoms with Crippen LogP contribution >= 0.6 is 0 Å². The molecule has 0 aromatic heterocycles. The van der Waals surface area contributed by atoms with E-state index < -0.39 is 5.97 Å². The Morgan fingerprint density at radius 3 is 3.00 bits per heavy atom.